The quantitative estimate of drug-likeness (QED) is 0.496. The van der Waals surface area contributed by atoms with Crippen LogP contribution in [0.4, 0.5) is 5.69 Å². The molecule has 0 aromatic carbocycles. The first-order valence-corrected chi connectivity index (χ1v) is 5.48. The average molecular weight is 238 g/mol. The van der Waals surface area contributed by atoms with Crippen molar-refractivity contribution in [3.05, 3.63) is 24.0 Å². The highest BCUT2D eigenvalue weighted by Gasteiger charge is 2.11. The van der Waals surface area contributed by atoms with Gasteiger partial charge in [0.25, 0.3) is 5.91 Å². The maximum atomic E-state index is 11.8. The van der Waals surface area contributed by atoms with E-state index in [1.54, 1.807) is 12.1 Å². The van der Waals surface area contributed by atoms with Crippen molar-refractivity contribution in [1.29, 1.82) is 0 Å². The molecule has 0 saturated heterocycles. The summed E-state index contributed by atoms with van der Waals surface area (Å²) in [5.74, 6) is 5.01. The van der Waals surface area contributed by atoms with E-state index in [4.69, 9.17) is 10.6 Å². The van der Waals surface area contributed by atoms with Gasteiger partial charge in [0.05, 0.1) is 12.3 Å². The number of nitrogens with one attached hydrogen (secondary N) is 2. The lowest BCUT2D eigenvalue weighted by atomic mass is 10.3. The summed E-state index contributed by atoms with van der Waals surface area (Å²) in [5.41, 5.74) is 3.43. The van der Waals surface area contributed by atoms with Crippen molar-refractivity contribution in [3.63, 3.8) is 0 Å². The summed E-state index contributed by atoms with van der Waals surface area (Å²) in [6.07, 6.45) is 1.53. The lowest BCUT2D eigenvalue weighted by molar-refractivity contribution is 0.0867. The fourth-order valence-corrected chi connectivity index (χ4v) is 1.28. The Morgan fingerprint density at radius 2 is 2.41 bits per heavy atom. The number of nitrogens with zero attached hydrogens (tertiary/aromatic N) is 1. The molecule has 0 aliphatic carbocycles. The second-order valence-corrected chi connectivity index (χ2v) is 3.61. The molecule has 17 heavy (non-hydrogen) atoms. The molecule has 1 atom stereocenters. The van der Waals surface area contributed by atoms with Gasteiger partial charge in [-0.15, -0.1) is 0 Å². The maximum Gasteiger partial charge on any atom is 0.270 e. The Hall–Kier alpha value is -1.66. The molecule has 4 N–H and O–H groups in total. The van der Waals surface area contributed by atoms with E-state index in [2.05, 4.69) is 15.7 Å². The molecule has 1 amide bonds. The van der Waals surface area contributed by atoms with E-state index in [-0.39, 0.29) is 11.9 Å². The fourth-order valence-electron chi connectivity index (χ4n) is 1.28. The summed E-state index contributed by atoms with van der Waals surface area (Å²) in [5, 5.41) is 2.79. The minimum absolute atomic E-state index is 0.0567. The highest BCUT2D eigenvalue weighted by molar-refractivity contribution is 5.93. The number of hydrogen-bond acceptors (Lipinski definition) is 5. The molecule has 1 rings (SSSR count). The van der Waals surface area contributed by atoms with E-state index < -0.39 is 0 Å². The van der Waals surface area contributed by atoms with Gasteiger partial charge in [-0.1, -0.05) is 0 Å². The van der Waals surface area contributed by atoms with Crippen LogP contribution in [0.3, 0.4) is 0 Å². The van der Waals surface area contributed by atoms with Crippen LogP contribution in [0.2, 0.25) is 0 Å². The molecule has 0 saturated carbocycles. The van der Waals surface area contributed by atoms with Gasteiger partial charge in [-0.3, -0.25) is 15.6 Å². The number of anilines is 1. The van der Waals surface area contributed by atoms with Crippen molar-refractivity contribution in [3.8, 4) is 0 Å². The Morgan fingerprint density at radius 3 is 3.06 bits per heavy atom. The smallest absolute Gasteiger partial charge is 0.270 e. The molecule has 94 valence electrons. The third-order valence-electron chi connectivity index (χ3n) is 2.11. The summed E-state index contributed by atoms with van der Waals surface area (Å²) in [6, 6.07) is 3.21. The van der Waals surface area contributed by atoms with Crippen LogP contribution in [0, 0.1) is 0 Å². The Kier molecular flexibility index (Phi) is 5.38. The Balaban J connectivity index is 2.56. The van der Waals surface area contributed by atoms with Gasteiger partial charge in [0.15, 0.2) is 0 Å². The summed E-state index contributed by atoms with van der Waals surface area (Å²) in [7, 11) is 0. The van der Waals surface area contributed by atoms with E-state index in [0.29, 0.717) is 24.6 Å². The van der Waals surface area contributed by atoms with Crippen LogP contribution in [0.5, 0.6) is 0 Å². The SMILES string of the molecule is CCOCC(C)NC(=O)c1cc(NN)ccn1. The van der Waals surface area contributed by atoms with Gasteiger partial charge in [-0.05, 0) is 26.0 Å². The Bertz CT molecular complexity index is 370. The summed E-state index contributed by atoms with van der Waals surface area (Å²) >= 11 is 0. The van der Waals surface area contributed by atoms with Gasteiger partial charge >= 0.3 is 0 Å². The Labute approximate surface area is 101 Å². The number of hydrogen-bond donors (Lipinski definition) is 3. The molecule has 0 fully saturated rings. The van der Waals surface area contributed by atoms with E-state index in [1.165, 1.54) is 6.20 Å². The topological polar surface area (TPSA) is 89.3 Å². The van der Waals surface area contributed by atoms with Gasteiger partial charge in [-0.25, -0.2) is 0 Å². The van der Waals surface area contributed by atoms with Gasteiger partial charge in [-0.2, -0.15) is 0 Å². The normalized spacial score (nSPS) is 11.9. The molecule has 0 aliphatic heterocycles. The predicted molar refractivity (Wildman–Crippen MR) is 65.5 cm³/mol. The van der Waals surface area contributed by atoms with Crippen LogP contribution in [0.1, 0.15) is 24.3 Å². The van der Waals surface area contributed by atoms with Crippen LogP contribution in [0.25, 0.3) is 0 Å². The predicted octanol–water partition coefficient (Wildman–Crippen LogP) is 0.522. The molecule has 6 heteroatoms. The maximum absolute atomic E-state index is 11.8. The van der Waals surface area contributed by atoms with Crippen LogP contribution in [0.15, 0.2) is 18.3 Å². The largest absolute Gasteiger partial charge is 0.380 e. The average Bonchev–Trinajstić information content (AvgIpc) is 2.36. The zero-order valence-corrected chi connectivity index (χ0v) is 10.1. The first-order chi connectivity index (χ1) is 8.17. The van der Waals surface area contributed by atoms with E-state index in [1.807, 2.05) is 13.8 Å². The van der Waals surface area contributed by atoms with Gasteiger partial charge in [0.2, 0.25) is 0 Å². The number of ether oxygens (including phenoxy) is 1. The number of aromatic nitrogens is 1. The number of amides is 1. The molecule has 1 aromatic heterocycles. The van der Waals surface area contributed by atoms with Gasteiger partial charge in [0, 0.05) is 18.8 Å². The molecule has 0 radical (unpaired) electrons. The third kappa shape index (κ3) is 4.38. The second kappa shape index (κ2) is 6.82. The molecule has 1 aromatic rings. The minimum atomic E-state index is -0.241. The standard InChI is InChI=1S/C11H18N4O2/c1-3-17-7-8(2)14-11(16)10-6-9(15-12)4-5-13-10/h4-6,8H,3,7,12H2,1-2H3,(H,13,15)(H,14,16). The molecule has 0 aliphatic rings. The van der Waals surface area contributed by atoms with Gasteiger partial charge < -0.3 is 15.5 Å². The highest BCUT2D eigenvalue weighted by Crippen LogP contribution is 2.06. The Morgan fingerprint density at radius 1 is 1.65 bits per heavy atom. The third-order valence-corrected chi connectivity index (χ3v) is 2.11. The molecule has 1 unspecified atom stereocenters. The van der Waals surface area contributed by atoms with E-state index >= 15 is 0 Å². The summed E-state index contributed by atoms with van der Waals surface area (Å²) < 4.78 is 5.21. The van der Waals surface area contributed by atoms with Gasteiger partial charge in [0.1, 0.15) is 5.69 Å². The minimum Gasteiger partial charge on any atom is -0.380 e. The zero-order chi connectivity index (χ0) is 12.7. The molecular formula is C11H18N4O2. The van der Waals surface area contributed by atoms with Crippen LogP contribution < -0.4 is 16.6 Å². The van der Waals surface area contributed by atoms with Crippen LogP contribution in [-0.2, 0) is 4.74 Å². The van der Waals surface area contributed by atoms with Crippen molar-refractivity contribution in [2.75, 3.05) is 18.6 Å². The lowest BCUT2D eigenvalue weighted by Crippen LogP contribution is -2.36. The van der Waals surface area contributed by atoms with Crippen molar-refractivity contribution in [2.24, 2.45) is 5.84 Å². The number of nitrogens with two attached hydrogens (primary N) is 1. The second-order valence-electron chi connectivity index (χ2n) is 3.61. The lowest BCUT2D eigenvalue weighted by Gasteiger charge is -2.13. The van der Waals surface area contributed by atoms with Crippen molar-refractivity contribution >= 4 is 11.6 Å². The number of hydrazine groups is 1. The van der Waals surface area contributed by atoms with E-state index in [9.17, 15) is 4.79 Å². The molecule has 0 spiro atoms. The number of rotatable bonds is 6. The zero-order valence-electron chi connectivity index (χ0n) is 10.1. The number of nitrogen functional groups attached to an aromatic ring is 1. The molecule has 1 heterocycles. The molecule has 0 bridgehead atoms. The monoisotopic (exact) mass is 238 g/mol. The van der Waals surface area contributed by atoms with Crippen LogP contribution in [-0.4, -0.2) is 30.1 Å². The first-order valence-electron chi connectivity index (χ1n) is 5.48. The number of carbonyl (C=O) groups excluding carboxylic acids is 1. The summed E-state index contributed by atoms with van der Waals surface area (Å²) in [4.78, 5) is 15.8. The summed E-state index contributed by atoms with van der Waals surface area (Å²) in [6.45, 7) is 4.90. The van der Waals surface area contributed by atoms with E-state index in [0.717, 1.165) is 0 Å². The molecule has 6 nitrogen and oxygen atoms in total. The molecular weight excluding hydrogens is 220 g/mol. The van der Waals surface area contributed by atoms with Crippen LogP contribution >= 0.6 is 0 Å². The van der Waals surface area contributed by atoms with Crippen molar-refractivity contribution in [1.82, 2.24) is 10.3 Å². The fraction of sp³-hybridized carbons (Fsp3) is 0.455. The number of pyridine rings is 1. The first kappa shape index (κ1) is 13.4. The van der Waals surface area contributed by atoms with Crippen molar-refractivity contribution < 1.29 is 9.53 Å². The highest BCUT2D eigenvalue weighted by atomic mass is 16.5. The number of carbonyl (C=O) groups is 1. The van der Waals surface area contributed by atoms with Crippen molar-refractivity contribution in [2.45, 2.75) is 19.9 Å².